The summed E-state index contributed by atoms with van der Waals surface area (Å²) in [5, 5.41) is 1.38. The maximum atomic E-state index is 12.4. The molecule has 0 aliphatic carbocycles. The fraction of sp³-hybridized carbons (Fsp3) is 0.333. The Morgan fingerprint density at radius 1 is 1.35 bits per heavy atom. The number of hydrogen-bond donors (Lipinski definition) is 2. The number of benzene rings is 1. The van der Waals surface area contributed by atoms with Crippen LogP contribution in [0.5, 0.6) is 0 Å². The Balaban J connectivity index is 1.97. The summed E-state index contributed by atoms with van der Waals surface area (Å²) < 4.78 is 0. The Bertz CT molecular complexity index is 708. The number of aromatic amines is 1. The fourth-order valence-electron chi connectivity index (χ4n) is 2.69. The number of nitrogens with one attached hydrogen (secondary N) is 1. The third-order valence-electron chi connectivity index (χ3n) is 3.73. The van der Waals surface area contributed by atoms with E-state index in [0.717, 1.165) is 18.2 Å². The van der Waals surface area contributed by atoms with Gasteiger partial charge in [0.1, 0.15) is 5.69 Å². The van der Waals surface area contributed by atoms with Crippen molar-refractivity contribution in [1.82, 2.24) is 9.88 Å². The van der Waals surface area contributed by atoms with Crippen LogP contribution in [0.15, 0.2) is 35.1 Å². The summed E-state index contributed by atoms with van der Waals surface area (Å²) in [5.41, 5.74) is 6.00. The molecule has 1 aliphatic rings. The van der Waals surface area contributed by atoms with Crippen LogP contribution in [0.4, 0.5) is 0 Å². The van der Waals surface area contributed by atoms with Crippen LogP contribution in [0, 0.1) is 0 Å². The van der Waals surface area contributed by atoms with E-state index in [4.69, 9.17) is 5.73 Å². The van der Waals surface area contributed by atoms with Gasteiger partial charge < -0.3 is 15.6 Å². The maximum Gasteiger partial charge on any atom is 0.270 e. The van der Waals surface area contributed by atoms with Crippen LogP contribution >= 0.6 is 0 Å². The molecule has 2 heterocycles. The van der Waals surface area contributed by atoms with Crippen molar-refractivity contribution in [2.75, 3.05) is 13.1 Å². The molecule has 0 bridgehead atoms. The van der Waals surface area contributed by atoms with Gasteiger partial charge in [0, 0.05) is 24.5 Å². The van der Waals surface area contributed by atoms with Crippen molar-refractivity contribution in [2.45, 2.75) is 18.9 Å². The summed E-state index contributed by atoms with van der Waals surface area (Å²) in [5.74, 6) is -0.150. The Morgan fingerprint density at radius 3 is 2.95 bits per heavy atom. The average Bonchev–Trinajstić information content (AvgIpc) is 2.46. The summed E-state index contributed by atoms with van der Waals surface area (Å²) in [4.78, 5) is 28.8. The van der Waals surface area contributed by atoms with Gasteiger partial charge >= 0.3 is 0 Å². The number of amides is 1. The van der Waals surface area contributed by atoms with Gasteiger partial charge in [-0.25, -0.2) is 0 Å². The maximum absolute atomic E-state index is 12.4. The van der Waals surface area contributed by atoms with Crippen molar-refractivity contribution in [1.29, 1.82) is 0 Å². The first kappa shape index (κ1) is 12.9. The lowest BCUT2D eigenvalue weighted by Crippen LogP contribution is -2.46. The van der Waals surface area contributed by atoms with E-state index in [1.54, 1.807) is 17.0 Å². The van der Waals surface area contributed by atoms with Gasteiger partial charge in [-0.3, -0.25) is 9.59 Å². The van der Waals surface area contributed by atoms with Crippen molar-refractivity contribution in [3.05, 3.63) is 46.4 Å². The summed E-state index contributed by atoms with van der Waals surface area (Å²) in [6.07, 6.45) is 1.85. The summed E-state index contributed by atoms with van der Waals surface area (Å²) in [6, 6.07) is 9.01. The van der Waals surface area contributed by atoms with Gasteiger partial charge in [0.2, 0.25) is 0 Å². The molecule has 104 valence electrons. The summed E-state index contributed by atoms with van der Waals surface area (Å²) in [6.45, 7) is 1.25. The normalized spacial score (nSPS) is 19.2. The molecular formula is C15H17N3O2. The van der Waals surface area contributed by atoms with Gasteiger partial charge in [-0.1, -0.05) is 18.2 Å². The van der Waals surface area contributed by atoms with Crippen molar-refractivity contribution in [3.8, 4) is 0 Å². The monoisotopic (exact) mass is 271 g/mol. The van der Waals surface area contributed by atoms with E-state index in [0.29, 0.717) is 24.2 Å². The summed E-state index contributed by atoms with van der Waals surface area (Å²) >= 11 is 0. The van der Waals surface area contributed by atoms with E-state index < -0.39 is 0 Å². The minimum atomic E-state index is -0.229. The zero-order chi connectivity index (χ0) is 14.1. The number of piperidine rings is 1. The summed E-state index contributed by atoms with van der Waals surface area (Å²) in [7, 11) is 0. The van der Waals surface area contributed by atoms with Crippen molar-refractivity contribution in [3.63, 3.8) is 0 Å². The number of rotatable bonds is 1. The smallest absolute Gasteiger partial charge is 0.270 e. The Labute approximate surface area is 116 Å². The number of H-pyrrole nitrogens is 1. The highest BCUT2D eigenvalue weighted by Crippen LogP contribution is 2.14. The van der Waals surface area contributed by atoms with Crippen LogP contribution in [0.1, 0.15) is 23.3 Å². The van der Waals surface area contributed by atoms with Crippen LogP contribution in [-0.4, -0.2) is 34.9 Å². The van der Waals surface area contributed by atoms with Gasteiger partial charge in [-0.2, -0.15) is 0 Å². The second-order valence-electron chi connectivity index (χ2n) is 5.25. The van der Waals surface area contributed by atoms with Crippen LogP contribution in [0.3, 0.4) is 0 Å². The van der Waals surface area contributed by atoms with Gasteiger partial charge in [-0.05, 0) is 30.4 Å². The Kier molecular flexibility index (Phi) is 3.28. The third-order valence-corrected chi connectivity index (χ3v) is 3.73. The topological polar surface area (TPSA) is 79.2 Å². The quantitative estimate of drug-likeness (QED) is 0.815. The SMILES string of the molecule is NC1CCCN(C(=O)c2cc3ccccc3c(=O)[nH]2)C1. The van der Waals surface area contributed by atoms with E-state index in [-0.39, 0.29) is 17.5 Å². The number of nitrogens with two attached hydrogens (primary N) is 1. The van der Waals surface area contributed by atoms with Crippen LogP contribution in [-0.2, 0) is 0 Å². The van der Waals surface area contributed by atoms with Gasteiger partial charge in [0.15, 0.2) is 0 Å². The Morgan fingerprint density at radius 2 is 2.15 bits per heavy atom. The first-order valence-electron chi connectivity index (χ1n) is 6.82. The number of likely N-dealkylation sites (tertiary alicyclic amines) is 1. The van der Waals surface area contributed by atoms with Crippen LogP contribution in [0.2, 0.25) is 0 Å². The van der Waals surface area contributed by atoms with Gasteiger partial charge in [-0.15, -0.1) is 0 Å². The lowest BCUT2D eigenvalue weighted by Gasteiger charge is -2.30. The van der Waals surface area contributed by atoms with Crippen molar-refractivity contribution in [2.24, 2.45) is 5.73 Å². The largest absolute Gasteiger partial charge is 0.336 e. The van der Waals surface area contributed by atoms with Crippen molar-refractivity contribution < 1.29 is 4.79 Å². The third kappa shape index (κ3) is 2.32. The molecule has 3 rings (SSSR count). The molecule has 20 heavy (non-hydrogen) atoms. The number of hydrogen-bond acceptors (Lipinski definition) is 3. The average molecular weight is 271 g/mol. The number of aromatic nitrogens is 1. The molecule has 1 fully saturated rings. The number of fused-ring (bicyclic) bond motifs is 1. The first-order chi connectivity index (χ1) is 9.65. The lowest BCUT2D eigenvalue weighted by molar-refractivity contribution is 0.0703. The zero-order valence-corrected chi connectivity index (χ0v) is 11.1. The van der Waals surface area contributed by atoms with E-state index in [1.165, 1.54) is 0 Å². The molecule has 1 aliphatic heterocycles. The molecule has 5 heteroatoms. The van der Waals surface area contributed by atoms with Crippen LogP contribution in [0.25, 0.3) is 10.8 Å². The molecule has 2 aromatic rings. The molecule has 1 saturated heterocycles. The molecule has 3 N–H and O–H groups in total. The number of nitrogens with zero attached hydrogens (tertiary/aromatic N) is 1. The molecular weight excluding hydrogens is 254 g/mol. The Hall–Kier alpha value is -2.14. The molecule has 1 unspecified atom stereocenters. The molecule has 0 saturated carbocycles. The van der Waals surface area contributed by atoms with E-state index in [1.807, 2.05) is 18.2 Å². The minimum absolute atomic E-state index is 0.0277. The number of pyridine rings is 1. The van der Waals surface area contributed by atoms with Gasteiger partial charge in [0.25, 0.3) is 11.5 Å². The number of carbonyl (C=O) groups is 1. The highest BCUT2D eigenvalue weighted by molar-refractivity contribution is 5.96. The molecule has 1 aromatic heterocycles. The molecule has 1 aromatic carbocycles. The second-order valence-corrected chi connectivity index (χ2v) is 5.25. The predicted molar refractivity (Wildman–Crippen MR) is 77.7 cm³/mol. The van der Waals surface area contributed by atoms with E-state index >= 15 is 0 Å². The standard InChI is InChI=1S/C15H17N3O2/c16-11-5-3-7-18(9-11)15(20)13-8-10-4-1-2-6-12(10)14(19)17-13/h1-2,4,6,8,11H,3,5,7,9,16H2,(H,17,19). The fourth-order valence-corrected chi connectivity index (χ4v) is 2.69. The highest BCUT2D eigenvalue weighted by atomic mass is 16.2. The molecule has 1 amide bonds. The van der Waals surface area contributed by atoms with Crippen LogP contribution < -0.4 is 11.3 Å². The van der Waals surface area contributed by atoms with E-state index in [9.17, 15) is 9.59 Å². The van der Waals surface area contributed by atoms with Gasteiger partial charge in [0.05, 0.1) is 0 Å². The highest BCUT2D eigenvalue weighted by Gasteiger charge is 2.23. The zero-order valence-electron chi connectivity index (χ0n) is 11.1. The lowest BCUT2D eigenvalue weighted by atomic mass is 10.1. The molecule has 0 spiro atoms. The minimum Gasteiger partial charge on any atom is -0.336 e. The predicted octanol–water partition coefficient (Wildman–Crippen LogP) is 1.09. The van der Waals surface area contributed by atoms with Crippen molar-refractivity contribution >= 4 is 16.7 Å². The molecule has 1 atom stereocenters. The van der Waals surface area contributed by atoms with E-state index in [2.05, 4.69) is 4.98 Å². The number of carbonyl (C=O) groups excluding carboxylic acids is 1. The first-order valence-corrected chi connectivity index (χ1v) is 6.82. The second kappa shape index (κ2) is 5.09. The molecule has 0 radical (unpaired) electrons. The molecule has 5 nitrogen and oxygen atoms in total.